The van der Waals surface area contributed by atoms with E-state index >= 15 is 0 Å². The van der Waals surface area contributed by atoms with Gasteiger partial charge in [0, 0.05) is 43.3 Å². The van der Waals surface area contributed by atoms with Crippen molar-refractivity contribution in [1.29, 1.82) is 0 Å². The Hall–Kier alpha value is -2.47. The summed E-state index contributed by atoms with van der Waals surface area (Å²) in [5.74, 6) is 0.251. The number of benzene rings is 1. The minimum atomic E-state index is 0.107. The largest absolute Gasteiger partial charge is 0.352 e. The van der Waals surface area contributed by atoms with Gasteiger partial charge in [-0.15, -0.1) is 0 Å². The average Bonchev–Trinajstić information content (AvgIpc) is 3.49. The van der Waals surface area contributed by atoms with Gasteiger partial charge in [0.2, 0.25) is 11.8 Å². The quantitative estimate of drug-likeness (QED) is 0.859. The Morgan fingerprint density at radius 1 is 1.11 bits per heavy atom. The third kappa shape index (κ3) is 4.17. The van der Waals surface area contributed by atoms with Crippen molar-refractivity contribution in [2.45, 2.75) is 39.2 Å². The molecule has 2 fully saturated rings. The second-order valence-electron chi connectivity index (χ2n) is 7.99. The Bertz CT molecular complexity index is 899. The molecule has 0 bridgehead atoms. The summed E-state index contributed by atoms with van der Waals surface area (Å²) >= 11 is 0. The zero-order valence-corrected chi connectivity index (χ0v) is 16.7. The molecule has 6 heteroatoms. The second kappa shape index (κ2) is 7.87. The van der Waals surface area contributed by atoms with Crippen molar-refractivity contribution in [2.24, 2.45) is 0 Å². The van der Waals surface area contributed by atoms with Gasteiger partial charge in [0.1, 0.15) is 0 Å². The normalized spacial score (nSPS) is 17.7. The number of pyridine rings is 1. The zero-order chi connectivity index (χ0) is 19.7. The van der Waals surface area contributed by atoms with E-state index in [1.807, 2.05) is 30.0 Å². The van der Waals surface area contributed by atoms with Crippen LogP contribution in [0.1, 0.15) is 29.7 Å². The number of aromatic nitrogens is 1. The number of amides is 2. The molecule has 0 atom stereocenters. The lowest BCUT2D eigenvalue weighted by Gasteiger charge is -2.34. The van der Waals surface area contributed by atoms with Crippen LogP contribution in [0, 0.1) is 13.8 Å². The summed E-state index contributed by atoms with van der Waals surface area (Å²) in [6, 6.07) is 8.48. The van der Waals surface area contributed by atoms with Gasteiger partial charge in [-0.2, -0.15) is 0 Å². The van der Waals surface area contributed by atoms with Crippen molar-refractivity contribution in [2.75, 3.05) is 32.7 Å². The summed E-state index contributed by atoms with van der Waals surface area (Å²) in [4.78, 5) is 33.6. The van der Waals surface area contributed by atoms with Crippen molar-refractivity contribution in [3.63, 3.8) is 0 Å². The van der Waals surface area contributed by atoms with Crippen molar-refractivity contribution < 1.29 is 9.59 Å². The first-order valence-corrected chi connectivity index (χ1v) is 10.2. The van der Waals surface area contributed by atoms with Crippen LogP contribution >= 0.6 is 0 Å². The number of carbonyl (C=O) groups is 2. The Labute approximate surface area is 165 Å². The van der Waals surface area contributed by atoms with E-state index in [-0.39, 0.29) is 11.8 Å². The second-order valence-corrected chi connectivity index (χ2v) is 7.99. The molecule has 0 unspecified atom stereocenters. The van der Waals surface area contributed by atoms with Crippen molar-refractivity contribution in [3.8, 4) is 0 Å². The molecule has 1 aromatic carbocycles. The number of carbonyl (C=O) groups excluding carboxylic acids is 2. The SMILES string of the molecule is Cc1nc2ccccc2c(C)c1CC(=O)N1CCN(CC(=O)NC2CC2)CC1. The van der Waals surface area contributed by atoms with Crippen LogP contribution in [0.25, 0.3) is 10.9 Å². The molecule has 1 aromatic heterocycles. The van der Waals surface area contributed by atoms with Crippen LogP contribution in [0.4, 0.5) is 0 Å². The summed E-state index contributed by atoms with van der Waals surface area (Å²) in [7, 11) is 0. The molecule has 1 aliphatic heterocycles. The van der Waals surface area contributed by atoms with E-state index in [0.717, 1.165) is 53.7 Å². The smallest absolute Gasteiger partial charge is 0.234 e. The van der Waals surface area contributed by atoms with E-state index in [0.29, 0.717) is 32.1 Å². The van der Waals surface area contributed by atoms with Gasteiger partial charge >= 0.3 is 0 Å². The highest BCUT2D eigenvalue weighted by Crippen LogP contribution is 2.23. The lowest BCUT2D eigenvalue weighted by atomic mass is 9.99. The molecule has 0 spiro atoms. The molecular formula is C22H28N4O2. The molecule has 2 heterocycles. The fourth-order valence-electron chi connectivity index (χ4n) is 3.95. The summed E-state index contributed by atoms with van der Waals surface area (Å²) < 4.78 is 0. The number of hydrogen-bond donors (Lipinski definition) is 1. The lowest BCUT2D eigenvalue weighted by Crippen LogP contribution is -2.51. The predicted octanol–water partition coefficient (Wildman–Crippen LogP) is 1.82. The molecule has 1 saturated heterocycles. The van der Waals surface area contributed by atoms with E-state index in [9.17, 15) is 9.59 Å². The first-order chi connectivity index (χ1) is 13.5. The molecule has 1 saturated carbocycles. The van der Waals surface area contributed by atoms with Crippen molar-refractivity contribution >= 4 is 22.7 Å². The molecule has 1 N–H and O–H groups in total. The topological polar surface area (TPSA) is 65.5 Å². The lowest BCUT2D eigenvalue weighted by molar-refractivity contribution is -0.132. The summed E-state index contributed by atoms with van der Waals surface area (Å²) in [5, 5.41) is 4.14. The third-order valence-electron chi connectivity index (χ3n) is 5.85. The van der Waals surface area contributed by atoms with Crippen molar-refractivity contribution in [3.05, 3.63) is 41.1 Å². The zero-order valence-electron chi connectivity index (χ0n) is 16.7. The van der Waals surface area contributed by atoms with Gasteiger partial charge < -0.3 is 10.2 Å². The first-order valence-electron chi connectivity index (χ1n) is 10.2. The highest BCUT2D eigenvalue weighted by molar-refractivity contribution is 5.86. The number of rotatable bonds is 5. The molecule has 0 radical (unpaired) electrons. The number of nitrogens with one attached hydrogen (secondary N) is 1. The molecule has 4 rings (SSSR count). The molecule has 2 aliphatic rings. The van der Waals surface area contributed by atoms with Crippen molar-refractivity contribution in [1.82, 2.24) is 20.1 Å². The minimum absolute atomic E-state index is 0.107. The number of nitrogens with zero attached hydrogens (tertiary/aromatic N) is 3. The van der Waals surface area contributed by atoms with Gasteiger partial charge in [-0.25, -0.2) is 0 Å². The molecule has 6 nitrogen and oxygen atoms in total. The number of fused-ring (bicyclic) bond motifs is 1. The third-order valence-corrected chi connectivity index (χ3v) is 5.85. The molecular weight excluding hydrogens is 352 g/mol. The van der Waals surface area contributed by atoms with Crippen LogP contribution in [0.2, 0.25) is 0 Å². The highest BCUT2D eigenvalue weighted by atomic mass is 16.2. The van der Waals surface area contributed by atoms with Gasteiger partial charge in [-0.1, -0.05) is 18.2 Å². The van der Waals surface area contributed by atoms with Gasteiger partial charge in [0.05, 0.1) is 18.5 Å². The molecule has 148 valence electrons. The number of para-hydroxylation sites is 1. The molecule has 2 aromatic rings. The maximum Gasteiger partial charge on any atom is 0.234 e. The monoisotopic (exact) mass is 380 g/mol. The van der Waals surface area contributed by atoms with E-state index in [1.165, 1.54) is 0 Å². The van der Waals surface area contributed by atoms with Crippen LogP contribution in [-0.2, 0) is 16.0 Å². The van der Waals surface area contributed by atoms with Gasteiger partial charge in [0.25, 0.3) is 0 Å². The Morgan fingerprint density at radius 3 is 2.54 bits per heavy atom. The number of piperazine rings is 1. The van der Waals surface area contributed by atoms with E-state index in [1.54, 1.807) is 0 Å². The summed E-state index contributed by atoms with van der Waals surface area (Å²) in [5.41, 5.74) is 4.09. The van der Waals surface area contributed by atoms with Crippen LogP contribution in [0.5, 0.6) is 0 Å². The van der Waals surface area contributed by atoms with Gasteiger partial charge in [0.15, 0.2) is 0 Å². The minimum Gasteiger partial charge on any atom is -0.352 e. The predicted molar refractivity (Wildman–Crippen MR) is 109 cm³/mol. The maximum atomic E-state index is 12.9. The Morgan fingerprint density at radius 2 is 1.82 bits per heavy atom. The maximum absolute atomic E-state index is 12.9. The summed E-state index contributed by atoms with van der Waals surface area (Å²) in [6.45, 7) is 7.35. The molecule has 1 aliphatic carbocycles. The fourth-order valence-corrected chi connectivity index (χ4v) is 3.95. The molecule has 28 heavy (non-hydrogen) atoms. The standard InChI is InChI=1S/C22H28N4O2/c1-15-18-5-3-4-6-20(18)23-16(2)19(15)13-22(28)26-11-9-25(10-12-26)14-21(27)24-17-7-8-17/h3-6,17H,7-14H2,1-2H3,(H,24,27). The van der Waals surface area contributed by atoms with E-state index < -0.39 is 0 Å². The first kappa shape index (κ1) is 18.9. The molecule has 2 amide bonds. The summed E-state index contributed by atoms with van der Waals surface area (Å²) in [6.07, 6.45) is 2.60. The van der Waals surface area contributed by atoms with Gasteiger partial charge in [-0.3, -0.25) is 19.5 Å². The van der Waals surface area contributed by atoms with Crippen LogP contribution < -0.4 is 5.32 Å². The highest BCUT2D eigenvalue weighted by Gasteiger charge is 2.26. The van der Waals surface area contributed by atoms with Gasteiger partial charge in [-0.05, 0) is 43.9 Å². The van der Waals surface area contributed by atoms with Crippen LogP contribution in [0.15, 0.2) is 24.3 Å². The van der Waals surface area contributed by atoms with Crippen LogP contribution in [-0.4, -0.2) is 65.4 Å². The number of aryl methyl sites for hydroxylation is 2. The van der Waals surface area contributed by atoms with E-state index in [4.69, 9.17) is 0 Å². The van der Waals surface area contributed by atoms with Crippen LogP contribution in [0.3, 0.4) is 0 Å². The van der Waals surface area contributed by atoms with E-state index in [2.05, 4.69) is 28.2 Å². The Kier molecular flexibility index (Phi) is 5.31. The Balaban J connectivity index is 1.36. The average molecular weight is 380 g/mol. The number of hydrogen-bond acceptors (Lipinski definition) is 4. The fraction of sp³-hybridized carbons (Fsp3) is 0.500.